The minimum atomic E-state index is -4.76. The number of carbonyl (C=O) groups excluding carboxylic acids is 1. The lowest BCUT2D eigenvalue weighted by Gasteiger charge is -2.08. The monoisotopic (exact) mass is 221 g/mol. The van der Waals surface area contributed by atoms with E-state index in [1.54, 1.807) is 0 Å². The topological polar surface area (TPSA) is 48.4 Å². The molecule has 0 fully saturated rings. The van der Waals surface area contributed by atoms with Gasteiger partial charge in [-0.25, -0.2) is 4.98 Å². The van der Waals surface area contributed by atoms with E-state index in [-0.39, 0.29) is 5.88 Å². The first-order valence-corrected chi connectivity index (χ1v) is 3.77. The van der Waals surface area contributed by atoms with Crippen LogP contribution >= 0.6 is 0 Å². The first-order chi connectivity index (χ1) is 6.87. The van der Waals surface area contributed by atoms with Crippen LogP contribution in [0.15, 0.2) is 18.3 Å². The third kappa shape index (κ3) is 4.30. The molecule has 0 amide bonds. The Kier molecular flexibility index (Phi) is 3.13. The van der Waals surface area contributed by atoms with Crippen LogP contribution in [0.1, 0.15) is 6.92 Å². The molecule has 1 heterocycles. The molecule has 1 aromatic heterocycles. The van der Waals surface area contributed by atoms with Gasteiger partial charge in [0.1, 0.15) is 5.75 Å². The zero-order valence-electron chi connectivity index (χ0n) is 7.54. The lowest BCUT2D eigenvalue weighted by Crippen LogP contribution is -2.17. The van der Waals surface area contributed by atoms with Crippen molar-refractivity contribution in [3.05, 3.63) is 18.3 Å². The summed E-state index contributed by atoms with van der Waals surface area (Å²) in [5, 5.41) is 0. The molecule has 1 rings (SSSR count). The second kappa shape index (κ2) is 4.16. The largest absolute Gasteiger partial charge is 0.573 e. The average Bonchev–Trinajstić information content (AvgIpc) is 2.05. The molecule has 0 aliphatic carbocycles. The molecular formula is C8H6F3NO3. The van der Waals surface area contributed by atoms with Crippen molar-refractivity contribution < 1.29 is 27.4 Å². The van der Waals surface area contributed by atoms with Crippen LogP contribution in [0.2, 0.25) is 0 Å². The molecule has 1 aromatic rings. The molecule has 7 heteroatoms. The van der Waals surface area contributed by atoms with Crippen LogP contribution in [0.5, 0.6) is 11.6 Å². The van der Waals surface area contributed by atoms with Crippen molar-refractivity contribution in [1.29, 1.82) is 0 Å². The number of aromatic nitrogens is 1. The summed E-state index contributed by atoms with van der Waals surface area (Å²) in [5.74, 6) is -1.16. The summed E-state index contributed by atoms with van der Waals surface area (Å²) in [6.45, 7) is 1.15. The molecule has 0 saturated carbocycles. The van der Waals surface area contributed by atoms with E-state index in [2.05, 4.69) is 14.5 Å². The fourth-order valence-electron chi connectivity index (χ4n) is 0.768. The maximum absolute atomic E-state index is 11.7. The van der Waals surface area contributed by atoms with E-state index in [0.29, 0.717) is 0 Å². The molecule has 0 radical (unpaired) electrons. The molecule has 0 spiro atoms. The summed E-state index contributed by atoms with van der Waals surface area (Å²) >= 11 is 0. The normalized spacial score (nSPS) is 10.9. The lowest BCUT2D eigenvalue weighted by molar-refractivity contribution is -0.274. The third-order valence-electron chi connectivity index (χ3n) is 1.19. The Bertz CT molecular complexity index is 347. The maximum Gasteiger partial charge on any atom is 0.573 e. The van der Waals surface area contributed by atoms with Gasteiger partial charge in [0.2, 0.25) is 5.88 Å². The van der Waals surface area contributed by atoms with Gasteiger partial charge in [-0.05, 0) is 6.07 Å². The summed E-state index contributed by atoms with van der Waals surface area (Å²) in [6, 6.07) is 2.10. The van der Waals surface area contributed by atoms with Crippen LogP contribution in [0.3, 0.4) is 0 Å². The molecule has 0 aliphatic rings. The second-order valence-corrected chi connectivity index (χ2v) is 2.47. The van der Waals surface area contributed by atoms with Gasteiger partial charge in [-0.2, -0.15) is 0 Å². The number of hydrogen-bond acceptors (Lipinski definition) is 4. The Morgan fingerprint density at radius 2 is 2.07 bits per heavy atom. The lowest BCUT2D eigenvalue weighted by atomic mass is 10.4. The van der Waals surface area contributed by atoms with Gasteiger partial charge in [-0.1, -0.05) is 0 Å². The number of hydrogen-bond donors (Lipinski definition) is 0. The van der Waals surface area contributed by atoms with E-state index in [9.17, 15) is 18.0 Å². The van der Waals surface area contributed by atoms with Crippen LogP contribution in [-0.4, -0.2) is 17.3 Å². The zero-order chi connectivity index (χ0) is 11.5. The van der Waals surface area contributed by atoms with E-state index in [4.69, 9.17) is 0 Å². The Hall–Kier alpha value is -1.79. The van der Waals surface area contributed by atoms with Gasteiger partial charge in [-0.3, -0.25) is 4.79 Å². The summed E-state index contributed by atoms with van der Waals surface area (Å²) in [7, 11) is 0. The number of alkyl halides is 3. The molecule has 0 atom stereocenters. The van der Waals surface area contributed by atoms with Crippen molar-refractivity contribution in [2.75, 3.05) is 0 Å². The fourth-order valence-corrected chi connectivity index (χ4v) is 0.768. The Balaban J connectivity index is 2.68. The van der Waals surface area contributed by atoms with Crippen molar-refractivity contribution in [1.82, 2.24) is 4.98 Å². The smallest absolute Gasteiger partial charge is 0.408 e. The summed E-state index contributed by atoms with van der Waals surface area (Å²) < 4.78 is 43.2. The van der Waals surface area contributed by atoms with Crippen molar-refractivity contribution >= 4 is 5.97 Å². The number of pyridine rings is 1. The Morgan fingerprint density at radius 3 is 2.47 bits per heavy atom. The van der Waals surface area contributed by atoms with E-state index in [0.717, 1.165) is 25.3 Å². The van der Waals surface area contributed by atoms with Gasteiger partial charge >= 0.3 is 12.3 Å². The van der Waals surface area contributed by atoms with Gasteiger partial charge < -0.3 is 9.47 Å². The van der Waals surface area contributed by atoms with Crippen molar-refractivity contribution in [2.45, 2.75) is 13.3 Å². The van der Waals surface area contributed by atoms with Crippen molar-refractivity contribution in [2.24, 2.45) is 0 Å². The molecule has 4 nitrogen and oxygen atoms in total. The van der Waals surface area contributed by atoms with Crippen LogP contribution in [0.25, 0.3) is 0 Å². The molecule has 0 aliphatic heterocycles. The second-order valence-electron chi connectivity index (χ2n) is 2.47. The van der Waals surface area contributed by atoms with E-state index < -0.39 is 18.1 Å². The molecule has 0 bridgehead atoms. The number of halogens is 3. The highest BCUT2D eigenvalue weighted by atomic mass is 19.4. The highest BCUT2D eigenvalue weighted by molar-refractivity contribution is 5.68. The average molecular weight is 221 g/mol. The number of nitrogens with zero attached hydrogens (tertiary/aromatic N) is 1. The highest BCUT2D eigenvalue weighted by Gasteiger charge is 2.31. The molecule has 15 heavy (non-hydrogen) atoms. The quantitative estimate of drug-likeness (QED) is 0.715. The van der Waals surface area contributed by atoms with Gasteiger partial charge in [0.25, 0.3) is 0 Å². The molecule has 82 valence electrons. The van der Waals surface area contributed by atoms with E-state index in [1.165, 1.54) is 0 Å². The predicted molar refractivity (Wildman–Crippen MR) is 42.2 cm³/mol. The predicted octanol–water partition coefficient (Wildman–Crippen LogP) is 1.91. The van der Waals surface area contributed by atoms with Crippen LogP contribution in [0, 0.1) is 0 Å². The van der Waals surface area contributed by atoms with Gasteiger partial charge in [-0.15, -0.1) is 13.2 Å². The number of carbonyl (C=O) groups is 1. The first-order valence-electron chi connectivity index (χ1n) is 3.77. The van der Waals surface area contributed by atoms with Crippen LogP contribution in [-0.2, 0) is 4.79 Å². The first kappa shape index (κ1) is 11.3. The van der Waals surface area contributed by atoms with E-state index >= 15 is 0 Å². The Morgan fingerprint density at radius 1 is 1.40 bits per heavy atom. The molecule has 0 N–H and O–H groups in total. The minimum absolute atomic E-state index is 0.0861. The van der Waals surface area contributed by atoms with Gasteiger partial charge in [0.05, 0.1) is 6.20 Å². The summed E-state index contributed by atoms with van der Waals surface area (Å²) in [6.07, 6.45) is -3.95. The SMILES string of the molecule is CC(=O)Oc1ccc(OC(F)(F)F)cn1. The molecule has 0 aromatic carbocycles. The maximum atomic E-state index is 11.7. The third-order valence-corrected chi connectivity index (χ3v) is 1.19. The molecular weight excluding hydrogens is 215 g/mol. The van der Waals surface area contributed by atoms with Crippen LogP contribution < -0.4 is 9.47 Å². The fraction of sp³-hybridized carbons (Fsp3) is 0.250. The highest BCUT2D eigenvalue weighted by Crippen LogP contribution is 2.22. The molecule has 0 saturated heterocycles. The zero-order valence-corrected chi connectivity index (χ0v) is 7.54. The van der Waals surface area contributed by atoms with E-state index in [1.807, 2.05) is 0 Å². The van der Waals surface area contributed by atoms with Crippen LogP contribution in [0.4, 0.5) is 13.2 Å². The minimum Gasteiger partial charge on any atom is -0.408 e. The van der Waals surface area contributed by atoms with Crippen molar-refractivity contribution in [3.8, 4) is 11.6 Å². The summed E-state index contributed by atoms with van der Waals surface area (Å²) in [4.78, 5) is 13.9. The number of ether oxygens (including phenoxy) is 2. The standard InChI is InChI=1S/C8H6F3NO3/c1-5(13)14-7-3-2-6(4-12-7)15-8(9,10)11/h2-4H,1H3. The van der Waals surface area contributed by atoms with Crippen molar-refractivity contribution in [3.63, 3.8) is 0 Å². The summed E-state index contributed by atoms with van der Waals surface area (Å²) in [5.41, 5.74) is 0. The molecule has 0 unspecified atom stereocenters. The number of rotatable bonds is 2. The van der Waals surface area contributed by atoms with Gasteiger partial charge in [0.15, 0.2) is 0 Å². The Labute approximate surface area is 82.6 Å². The van der Waals surface area contributed by atoms with Gasteiger partial charge in [0, 0.05) is 13.0 Å². The number of esters is 1.